The lowest BCUT2D eigenvalue weighted by atomic mass is 10.3. The van der Waals surface area contributed by atoms with Gasteiger partial charge in [-0.1, -0.05) is 0 Å². The van der Waals surface area contributed by atoms with E-state index in [1.165, 1.54) is 6.92 Å². The summed E-state index contributed by atoms with van der Waals surface area (Å²) < 4.78 is 7.57. The monoisotopic (exact) mass is 195 g/mol. The molecule has 14 heavy (non-hydrogen) atoms. The molecule has 0 bridgehead atoms. The van der Waals surface area contributed by atoms with Gasteiger partial charge >= 0.3 is 0 Å². The Balaban J connectivity index is 1.91. The summed E-state index contributed by atoms with van der Waals surface area (Å²) in [5, 5.41) is 2.74. The van der Waals surface area contributed by atoms with Crippen molar-refractivity contribution in [2.45, 2.75) is 26.2 Å². The number of fused-ring (bicyclic) bond motifs is 1. The van der Waals surface area contributed by atoms with Crippen molar-refractivity contribution >= 4 is 5.91 Å². The van der Waals surface area contributed by atoms with Gasteiger partial charge in [0.25, 0.3) is 0 Å². The number of nitrogens with one attached hydrogen (secondary N) is 1. The summed E-state index contributed by atoms with van der Waals surface area (Å²) in [5.74, 6) is 0.925. The van der Waals surface area contributed by atoms with Crippen LogP contribution >= 0.6 is 0 Å². The van der Waals surface area contributed by atoms with Crippen LogP contribution in [0.15, 0.2) is 12.4 Å². The van der Waals surface area contributed by atoms with Gasteiger partial charge in [0.1, 0.15) is 12.4 Å². The number of hydrogen-bond donors (Lipinski definition) is 1. The zero-order valence-corrected chi connectivity index (χ0v) is 8.06. The third-order valence-corrected chi connectivity index (χ3v) is 2.23. The highest BCUT2D eigenvalue weighted by molar-refractivity contribution is 5.72. The summed E-state index contributed by atoms with van der Waals surface area (Å²) >= 11 is 0. The number of hydrogen-bond acceptors (Lipinski definition) is 3. The van der Waals surface area contributed by atoms with Crippen molar-refractivity contribution in [1.29, 1.82) is 0 Å². The normalized spacial score (nSPS) is 20.2. The van der Waals surface area contributed by atoms with Crippen molar-refractivity contribution in [2.24, 2.45) is 0 Å². The lowest BCUT2D eigenvalue weighted by Gasteiger charge is -2.24. The second-order valence-electron chi connectivity index (χ2n) is 3.37. The van der Waals surface area contributed by atoms with Crippen LogP contribution in [-0.2, 0) is 22.7 Å². The molecule has 1 aromatic rings. The van der Waals surface area contributed by atoms with Crippen LogP contribution in [0, 0.1) is 0 Å². The summed E-state index contributed by atoms with van der Waals surface area (Å²) in [7, 11) is 0. The summed E-state index contributed by atoms with van der Waals surface area (Å²) in [6.45, 7) is 3.35. The first-order valence-electron chi connectivity index (χ1n) is 4.62. The van der Waals surface area contributed by atoms with E-state index in [1.54, 1.807) is 6.20 Å². The van der Waals surface area contributed by atoms with E-state index in [0.717, 1.165) is 12.4 Å². The Morgan fingerprint density at radius 2 is 2.71 bits per heavy atom. The van der Waals surface area contributed by atoms with Gasteiger partial charge in [-0.2, -0.15) is 0 Å². The molecule has 1 aliphatic heterocycles. The van der Waals surface area contributed by atoms with Crippen LogP contribution in [0.5, 0.6) is 0 Å². The van der Waals surface area contributed by atoms with Crippen LogP contribution in [0.1, 0.15) is 12.7 Å². The van der Waals surface area contributed by atoms with E-state index in [9.17, 15) is 4.79 Å². The predicted octanol–water partition coefficient (Wildman–Crippen LogP) is -0.0820. The standard InChI is InChI=1S/C9H13N3O2/c1-7(13)11-4-8-5-12-3-2-10-9(12)6-14-8/h2-3,8H,4-6H2,1H3,(H,11,13)/t8-/m0/s1. The van der Waals surface area contributed by atoms with Gasteiger partial charge in [-0.05, 0) is 0 Å². The molecule has 5 nitrogen and oxygen atoms in total. The van der Waals surface area contributed by atoms with Gasteiger partial charge in [0, 0.05) is 25.9 Å². The molecule has 0 unspecified atom stereocenters. The fraction of sp³-hybridized carbons (Fsp3) is 0.556. The van der Waals surface area contributed by atoms with E-state index in [2.05, 4.69) is 14.9 Å². The summed E-state index contributed by atoms with van der Waals surface area (Å²) in [5.41, 5.74) is 0. The topological polar surface area (TPSA) is 56.2 Å². The minimum atomic E-state index is -0.0231. The summed E-state index contributed by atoms with van der Waals surface area (Å²) in [6.07, 6.45) is 3.75. The van der Waals surface area contributed by atoms with Gasteiger partial charge in [-0.25, -0.2) is 4.98 Å². The van der Waals surface area contributed by atoms with Gasteiger partial charge < -0.3 is 14.6 Å². The van der Waals surface area contributed by atoms with Crippen LogP contribution in [0.3, 0.4) is 0 Å². The van der Waals surface area contributed by atoms with E-state index in [0.29, 0.717) is 13.2 Å². The molecule has 2 rings (SSSR count). The molecular weight excluding hydrogens is 182 g/mol. The minimum Gasteiger partial charge on any atom is -0.367 e. The van der Waals surface area contributed by atoms with Crippen molar-refractivity contribution < 1.29 is 9.53 Å². The Morgan fingerprint density at radius 1 is 1.86 bits per heavy atom. The summed E-state index contributed by atoms with van der Waals surface area (Å²) in [6, 6.07) is 0. The van der Waals surface area contributed by atoms with Crippen molar-refractivity contribution in [3.05, 3.63) is 18.2 Å². The van der Waals surface area contributed by atoms with Crippen LogP contribution in [0.4, 0.5) is 0 Å². The molecule has 1 N–H and O–H groups in total. The van der Waals surface area contributed by atoms with E-state index >= 15 is 0 Å². The van der Waals surface area contributed by atoms with Gasteiger partial charge in [0.2, 0.25) is 5.91 Å². The fourth-order valence-corrected chi connectivity index (χ4v) is 1.49. The lowest BCUT2D eigenvalue weighted by molar-refractivity contribution is -0.120. The Labute approximate surface area is 82.1 Å². The smallest absolute Gasteiger partial charge is 0.216 e. The number of carbonyl (C=O) groups excluding carboxylic acids is 1. The van der Waals surface area contributed by atoms with Gasteiger partial charge in [-0.15, -0.1) is 0 Å². The van der Waals surface area contributed by atoms with Gasteiger partial charge in [0.15, 0.2) is 0 Å². The van der Waals surface area contributed by atoms with Crippen LogP contribution < -0.4 is 5.32 Å². The summed E-state index contributed by atoms with van der Waals surface area (Å²) in [4.78, 5) is 14.8. The van der Waals surface area contributed by atoms with Gasteiger partial charge in [-0.3, -0.25) is 4.79 Å². The van der Waals surface area contributed by atoms with Crippen LogP contribution in [-0.4, -0.2) is 28.1 Å². The SMILES string of the molecule is CC(=O)NC[C@H]1Cn2ccnc2CO1. The second-order valence-corrected chi connectivity index (χ2v) is 3.37. The van der Waals surface area contributed by atoms with Crippen molar-refractivity contribution in [2.75, 3.05) is 6.54 Å². The number of ether oxygens (including phenoxy) is 1. The molecule has 2 heterocycles. The number of rotatable bonds is 2. The highest BCUT2D eigenvalue weighted by Crippen LogP contribution is 2.11. The number of nitrogens with zero attached hydrogens (tertiary/aromatic N) is 2. The maximum atomic E-state index is 10.7. The largest absolute Gasteiger partial charge is 0.367 e. The van der Waals surface area contributed by atoms with Crippen molar-refractivity contribution in [3.63, 3.8) is 0 Å². The Kier molecular flexibility index (Phi) is 2.49. The van der Waals surface area contributed by atoms with E-state index < -0.39 is 0 Å². The molecule has 0 saturated carbocycles. The number of carbonyl (C=O) groups is 1. The lowest BCUT2D eigenvalue weighted by Crippen LogP contribution is -2.37. The highest BCUT2D eigenvalue weighted by Gasteiger charge is 2.18. The Bertz CT molecular complexity index is 335. The molecule has 0 radical (unpaired) electrons. The van der Waals surface area contributed by atoms with Crippen LogP contribution in [0.25, 0.3) is 0 Å². The maximum Gasteiger partial charge on any atom is 0.216 e. The van der Waals surface area contributed by atoms with Crippen molar-refractivity contribution in [3.8, 4) is 0 Å². The third-order valence-electron chi connectivity index (χ3n) is 2.23. The first kappa shape index (κ1) is 9.21. The molecule has 1 amide bonds. The number of amides is 1. The minimum absolute atomic E-state index is 0.0231. The molecule has 0 aromatic carbocycles. The molecule has 0 fully saturated rings. The van der Waals surface area contributed by atoms with Gasteiger partial charge in [0.05, 0.1) is 12.6 Å². The number of aromatic nitrogens is 2. The van der Waals surface area contributed by atoms with Crippen LogP contribution in [0.2, 0.25) is 0 Å². The fourth-order valence-electron chi connectivity index (χ4n) is 1.49. The maximum absolute atomic E-state index is 10.7. The molecular formula is C9H13N3O2. The molecule has 1 aromatic heterocycles. The number of imidazole rings is 1. The Morgan fingerprint density at radius 3 is 3.50 bits per heavy atom. The average Bonchev–Trinajstić information content (AvgIpc) is 2.61. The molecule has 1 atom stereocenters. The molecule has 0 aliphatic carbocycles. The first-order chi connectivity index (χ1) is 6.75. The highest BCUT2D eigenvalue weighted by atomic mass is 16.5. The zero-order valence-electron chi connectivity index (χ0n) is 8.06. The van der Waals surface area contributed by atoms with E-state index in [1.807, 2.05) is 6.20 Å². The third kappa shape index (κ3) is 1.93. The van der Waals surface area contributed by atoms with E-state index in [-0.39, 0.29) is 12.0 Å². The molecule has 0 spiro atoms. The molecule has 5 heteroatoms. The average molecular weight is 195 g/mol. The molecule has 1 aliphatic rings. The first-order valence-corrected chi connectivity index (χ1v) is 4.62. The Hall–Kier alpha value is -1.36. The molecule has 76 valence electrons. The van der Waals surface area contributed by atoms with E-state index in [4.69, 9.17) is 4.74 Å². The zero-order chi connectivity index (χ0) is 9.97. The second kappa shape index (κ2) is 3.79. The quantitative estimate of drug-likeness (QED) is 0.718. The van der Waals surface area contributed by atoms with Crippen molar-refractivity contribution in [1.82, 2.24) is 14.9 Å². The predicted molar refractivity (Wildman–Crippen MR) is 49.5 cm³/mol. The molecule has 0 saturated heterocycles.